The first-order chi connectivity index (χ1) is 12.6. The highest BCUT2D eigenvalue weighted by Crippen LogP contribution is 2.11. The van der Waals surface area contributed by atoms with E-state index in [9.17, 15) is 9.59 Å². The van der Waals surface area contributed by atoms with Crippen LogP contribution in [0.25, 0.3) is 0 Å². The van der Waals surface area contributed by atoms with Crippen LogP contribution in [0.3, 0.4) is 0 Å². The summed E-state index contributed by atoms with van der Waals surface area (Å²) in [4.78, 5) is 25.9. The Balaban J connectivity index is 1.59. The molecule has 1 aliphatic heterocycles. The van der Waals surface area contributed by atoms with Crippen molar-refractivity contribution in [2.45, 2.75) is 38.6 Å². The van der Waals surface area contributed by atoms with Gasteiger partial charge in [0.05, 0.1) is 6.54 Å². The molecule has 1 fully saturated rings. The van der Waals surface area contributed by atoms with Gasteiger partial charge in [0.2, 0.25) is 5.91 Å². The van der Waals surface area contributed by atoms with Crippen molar-refractivity contribution < 1.29 is 9.59 Å². The molecule has 0 aromatic heterocycles. The molecule has 0 saturated carbocycles. The Hall–Kier alpha value is -1.79. The van der Waals surface area contributed by atoms with Crippen LogP contribution in [0.15, 0.2) is 24.3 Å². The highest BCUT2D eigenvalue weighted by Gasteiger charge is 2.21. The van der Waals surface area contributed by atoms with Gasteiger partial charge in [0.1, 0.15) is 0 Å². The molecule has 0 unspecified atom stereocenters. The number of hydrogen-bond donors (Lipinski definition) is 3. The quantitative estimate of drug-likeness (QED) is 0.647. The third-order valence-electron chi connectivity index (χ3n) is 4.45. The van der Waals surface area contributed by atoms with E-state index in [2.05, 4.69) is 20.9 Å². The number of nitrogens with zero attached hydrogens (tertiary/aromatic N) is 1. The molecule has 3 amide bonds. The van der Waals surface area contributed by atoms with Gasteiger partial charge in [-0.1, -0.05) is 30.7 Å². The minimum atomic E-state index is -0.133. The fourth-order valence-corrected chi connectivity index (χ4v) is 3.22. The number of carbonyl (C=O) groups is 2. The van der Waals surface area contributed by atoms with Crippen molar-refractivity contribution >= 4 is 23.5 Å². The molecule has 1 aromatic rings. The Kier molecular flexibility index (Phi) is 8.71. The first-order valence-corrected chi connectivity index (χ1v) is 9.72. The average Bonchev–Trinajstić information content (AvgIpc) is 2.62. The molecule has 1 heterocycles. The molecular weight excluding hydrogens is 352 g/mol. The van der Waals surface area contributed by atoms with E-state index >= 15 is 0 Å². The molecule has 0 atom stereocenters. The van der Waals surface area contributed by atoms with Crippen LogP contribution in [-0.2, 0) is 11.2 Å². The number of benzene rings is 1. The van der Waals surface area contributed by atoms with Crippen molar-refractivity contribution in [2.75, 3.05) is 32.7 Å². The van der Waals surface area contributed by atoms with Gasteiger partial charge in [-0.05, 0) is 43.4 Å². The zero-order valence-electron chi connectivity index (χ0n) is 15.4. The molecular formula is C19H29ClN4O2. The SMILES string of the molecule is CCCNC(=O)CN1CCC(NC(=O)NCCc2cccc(Cl)c2)CC1. The van der Waals surface area contributed by atoms with Gasteiger partial charge in [-0.15, -0.1) is 0 Å². The topological polar surface area (TPSA) is 73.5 Å². The lowest BCUT2D eigenvalue weighted by Crippen LogP contribution is -2.49. The number of hydrogen-bond acceptors (Lipinski definition) is 3. The lowest BCUT2D eigenvalue weighted by Gasteiger charge is -2.31. The van der Waals surface area contributed by atoms with Gasteiger partial charge in [-0.2, -0.15) is 0 Å². The maximum atomic E-state index is 12.0. The number of urea groups is 1. The van der Waals surface area contributed by atoms with E-state index in [4.69, 9.17) is 11.6 Å². The summed E-state index contributed by atoms with van der Waals surface area (Å²) < 4.78 is 0. The van der Waals surface area contributed by atoms with Crippen LogP contribution >= 0.6 is 11.6 Å². The van der Waals surface area contributed by atoms with Crippen molar-refractivity contribution in [3.05, 3.63) is 34.9 Å². The van der Waals surface area contributed by atoms with Gasteiger partial charge >= 0.3 is 6.03 Å². The maximum absolute atomic E-state index is 12.0. The van der Waals surface area contributed by atoms with Gasteiger partial charge < -0.3 is 16.0 Å². The van der Waals surface area contributed by atoms with E-state index in [1.54, 1.807) is 0 Å². The van der Waals surface area contributed by atoms with Gasteiger partial charge in [0.25, 0.3) is 0 Å². The predicted octanol–water partition coefficient (Wildman–Crippen LogP) is 2.17. The minimum Gasteiger partial charge on any atom is -0.355 e. The summed E-state index contributed by atoms with van der Waals surface area (Å²) >= 11 is 5.95. The second-order valence-corrected chi connectivity index (χ2v) is 7.12. The molecule has 0 bridgehead atoms. The number of carbonyl (C=O) groups excluding carboxylic acids is 2. The summed E-state index contributed by atoms with van der Waals surface area (Å²) in [7, 11) is 0. The van der Waals surface area contributed by atoms with Gasteiger partial charge in [0.15, 0.2) is 0 Å². The van der Waals surface area contributed by atoms with Crippen LogP contribution in [0, 0.1) is 0 Å². The molecule has 3 N–H and O–H groups in total. The Morgan fingerprint density at radius 2 is 1.96 bits per heavy atom. The number of likely N-dealkylation sites (tertiary alicyclic amines) is 1. The van der Waals surface area contributed by atoms with E-state index < -0.39 is 0 Å². The van der Waals surface area contributed by atoms with E-state index in [1.807, 2.05) is 31.2 Å². The highest BCUT2D eigenvalue weighted by molar-refractivity contribution is 6.30. The fourth-order valence-electron chi connectivity index (χ4n) is 3.01. The zero-order chi connectivity index (χ0) is 18.8. The molecule has 2 rings (SSSR count). The third-order valence-corrected chi connectivity index (χ3v) is 4.69. The van der Waals surface area contributed by atoms with E-state index in [0.717, 1.165) is 50.9 Å². The van der Waals surface area contributed by atoms with Crippen molar-refractivity contribution in [3.8, 4) is 0 Å². The van der Waals surface area contributed by atoms with Crippen LogP contribution in [-0.4, -0.2) is 55.6 Å². The maximum Gasteiger partial charge on any atom is 0.315 e. The van der Waals surface area contributed by atoms with Crippen LogP contribution in [0.5, 0.6) is 0 Å². The van der Waals surface area contributed by atoms with E-state index in [1.165, 1.54) is 0 Å². The lowest BCUT2D eigenvalue weighted by atomic mass is 10.1. The summed E-state index contributed by atoms with van der Waals surface area (Å²) in [5, 5.41) is 9.52. The van der Waals surface area contributed by atoms with E-state index in [-0.39, 0.29) is 18.0 Å². The number of piperidine rings is 1. The number of nitrogens with one attached hydrogen (secondary N) is 3. The molecule has 0 radical (unpaired) electrons. The second-order valence-electron chi connectivity index (χ2n) is 6.68. The molecule has 0 spiro atoms. The first-order valence-electron chi connectivity index (χ1n) is 9.34. The number of amides is 3. The summed E-state index contributed by atoms with van der Waals surface area (Å²) in [5.41, 5.74) is 1.10. The smallest absolute Gasteiger partial charge is 0.315 e. The van der Waals surface area contributed by atoms with Crippen LogP contribution in [0.4, 0.5) is 4.79 Å². The minimum absolute atomic E-state index is 0.0806. The largest absolute Gasteiger partial charge is 0.355 e. The third kappa shape index (κ3) is 7.62. The summed E-state index contributed by atoms with van der Waals surface area (Å²) in [5.74, 6) is 0.0806. The summed E-state index contributed by atoms with van der Waals surface area (Å²) in [6.45, 7) is 5.44. The van der Waals surface area contributed by atoms with Crippen molar-refractivity contribution in [2.24, 2.45) is 0 Å². The molecule has 6 nitrogen and oxygen atoms in total. The fraction of sp³-hybridized carbons (Fsp3) is 0.579. The molecule has 1 saturated heterocycles. The van der Waals surface area contributed by atoms with Gasteiger partial charge in [0, 0.05) is 37.2 Å². The van der Waals surface area contributed by atoms with Gasteiger partial charge in [-0.3, -0.25) is 9.69 Å². The molecule has 7 heteroatoms. The lowest BCUT2D eigenvalue weighted by molar-refractivity contribution is -0.122. The monoisotopic (exact) mass is 380 g/mol. The molecule has 0 aliphatic carbocycles. The van der Waals surface area contributed by atoms with Crippen LogP contribution in [0.2, 0.25) is 5.02 Å². The number of halogens is 1. The summed E-state index contributed by atoms with van der Waals surface area (Å²) in [6, 6.07) is 7.69. The van der Waals surface area contributed by atoms with Gasteiger partial charge in [-0.25, -0.2) is 4.79 Å². The number of rotatable bonds is 8. The van der Waals surface area contributed by atoms with Crippen LogP contribution < -0.4 is 16.0 Å². The summed E-state index contributed by atoms with van der Waals surface area (Å²) in [6.07, 6.45) is 3.43. The molecule has 144 valence electrons. The van der Waals surface area contributed by atoms with Crippen molar-refractivity contribution in [1.29, 1.82) is 0 Å². The molecule has 1 aliphatic rings. The first kappa shape index (κ1) is 20.5. The highest BCUT2D eigenvalue weighted by atomic mass is 35.5. The standard InChI is InChI=1S/C19H29ClN4O2/c1-2-9-21-18(25)14-24-11-7-17(8-12-24)23-19(26)22-10-6-15-4-3-5-16(20)13-15/h3-5,13,17H,2,6-12,14H2,1H3,(H,21,25)(H2,22,23,26). The van der Waals surface area contributed by atoms with Crippen LogP contribution in [0.1, 0.15) is 31.7 Å². The second kappa shape index (κ2) is 11.0. The predicted molar refractivity (Wildman–Crippen MR) is 104 cm³/mol. The Morgan fingerprint density at radius 3 is 2.65 bits per heavy atom. The molecule has 26 heavy (non-hydrogen) atoms. The normalized spacial score (nSPS) is 15.5. The Labute approximate surface area is 160 Å². The van der Waals surface area contributed by atoms with Crippen molar-refractivity contribution in [1.82, 2.24) is 20.9 Å². The molecule has 1 aromatic carbocycles. The van der Waals surface area contributed by atoms with Crippen molar-refractivity contribution in [3.63, 3.8) is 0 Å². The van der Waals surface area contributed by atoms with E-state index in [0.29, 0.717) is 18.1 Å². The Bertz CT molecular complexity index is 589. The zero-order valence-corrected chi connectivity index (χ0v) is 16.1. The average molecular weight is 381 g/mol. The Morgan fingerprint density at radius 1 is 1.19 bits per heavy atom.